The Morgan fingerprint density at radius 1 is 1.30 bits per heavy atom. The van der Waals surface area contributed by atoms with Gasteiger partial charge in [0, 0.05) is 18.7 Å². The van der Waals surface area contributed by atoms with Gasteiger partial charge in [0.1, 0.15) is 11.3 Å². The quantitative estimate of drug-likeness (QED) is 0.624. The highest BCUT2D eigenvalue weighted by Crippen LogP contribution is 2.52. The molecular formula is C20H27ClN2O4. The Labute approximate surface area is 164 Å². The number of halogens is 1. The van der Waals surface area contributed by atoms with Crippen molar-refractivity contribution in [2.75, 3.05) is 26.0 Å². The lowest BCUT2D eigenvalue weighted by Crippen LogP contribution is -2.39. The average Bonchev–Trinajstić information content (AvgIpc) is 2.83. The lowest BCUT2D eigenvalue weighted by atomic mass is 9.65. The summed E-state index contributed by atoms with van der Waals surface area (Å²) in [6.07, 6.45) is 3.09. The summed E-state index contributed by atoms with van der Waals surface area (Å²) in [7, 11) is 1.43. The number of amides is 1. The van der Waals surface area contributed by atoms with E-state index >= 15 is 0 Å². The summed E-state index contributed by atoms with van der Waals surface area (Å²) in [5.41, 5.74) is 6.54. The fraction of sp³-hybridized carbons (Fsp3) is 0.600. The van der Waals surface area contributed by atoms with E-state index in [2.05, 4.69) is 20.8 Å². The number of ether oxygens (including phenoxy) is 2. The van der Waals surface area contributed by atoms with E-state index in [0.717, 1.165) is 19.3 Å². The number of hydrogen-bond acceptors (Lipinski definition) is 5. The molecule has 1 aromatic rings. The number of carbonyl (C=O) groups is 2. The second kappa shape index (κ2) is 6.89. The summed E-state index contributed by atoms with van der Waals surface area (Å²) in [6, 6.07) is 3.08. The molecule has 1 aliphatic heterocycles. The van der Waals surface area contributed by atoms with Crippen molar-refractivity contribution in [3.05, 3.63) is 22.7 Å². The molecule has 1 saturated heterocycles. The molecule has 1 aliphatic carbocycles. The second-order valence-corrected chi connectivity index (χ2v) is 9.29. The van der Waals surface area contributed by atoms with Gasteiger partial charge < -0.3 is 20.1 Å². The highest BCUT2D eigenvalue weighted by atomic mass is 35.5. The average molecular weight is 395 g/mol. The fourth-order valence-corrected chi connectivity index (χ4v) is 5.10. The van der Waals surface area contributed by atoms with Crippen molar-refractivity contribution in [1.29, 1.82) is 0 Å². The van der Waals surface area contributed by atoms with Crippen LogP contribution in [0.2, 0.25) is 5.02 Å². The molecule has 1 aromatic carbocycles. The molecule has 148 valence electrons. The zero-order valence-electron chi connectivity index (χ0n) is 16.3. The van der Waals surface area contributed by atoms with Crippen LogP contribution in [-0.4, -0.2) is 43.1 Å². The summed E-state index contributed by atoms with van der Waals surface area (Å²) < 4.78 is 10.4. The zero-order valence-corrected chi connectivity index (χ0v) is 17.1. The molecule has 2 N–H and O–H groups in total. The Morgan fingerprint density at radius 3 is 2.67 bits per heavy atom. The van der Waals surface area contributed by atoms with Crippen LogP contribution in [0.15, 0.2) is 12.1 Å². The van der Waals surface area contributed by atoms with Crippen molar-refractivity contribution < 1.29 is 19.1 Å². The summed E-state index contributed by atoms with van der Waals surface area (Å²) in [5.74, 6) is -0.549. The molecule has 1 heterocycles. The zero-order chi connectivity index (χ0) is 20.0. The van der Waals surface area contributed by atoms with Crippen molar-refractivity contribution in [1.82, 2.24) is 4.90 Å². The second-order valence-electron chi connectivity index (χ2n) is 8.89. The van der Waals surface area contributed by atoms with Crippen molar-refractivity contribution in [3.8, 4) is 5.75 Å². The predicted molar refractivity (Wildman–Crippen MR) is 104 cm³/mol. The summed E-state index contributed by atoms with van der Waals surface area (Å²) in [5, 5.41) is 0.234. The van der Waals surface area contributed by atoms with Crippen molar-refractivity contribution in [3.63, 3.8) is 0 Å². The van der Waals surface area contributed by atoms with Crippen LogP contribution in [0.4, 0.5) is 5.69 Å². The predicted octanol–water partition coefficient (Wildman–Crippen LogP) is 3.51. The van der Waals surface area contributed by atoms with Gasteiger partial charge in [-0.05, 0) is 36.2 Å². The summed E-state index contributed by atoms with van der Waals surface area (Å²) in [6.45, 7) is 7.16. The molecule has 6 nitrogen and oxygen atoms in total. The number of nitrogens with zero attached hydrogens (tertiary/aromatic N) is 1. The Hall–Kier alpha value is -1.95. The maximum absolute atomic E-state index is 12.7. The van der Waals surface area contributed by atoms with E-state index in [4.69, 9.17) is 26.8 Å². The molecule has 2 bridgehead atoms. The molecule has 3 rings (SSSR count). The lowest BCUT2D eigenvalue weighted by Gasteiger charge is -2.39. The Morgan fingerprint density at radius 2 is 2.00 bits per heavy atom. The third-order valence-corrected chi connectivity index (χ3v) is 5.93. The van der Waals surface area contributed by atoms with E-state index in [0.29, 0.717) is 12.2 Å². The molecule has 2 fully saturated rings. The topological polar surface area (TPSA) is 81.9 Å². The van der Waals surface area contributed by atoms with Crippen molar-refractivity contribution in [2.24, 2.45) is 10.8 Å². The van der Waals surface area contributed by atoms with E-state index in [9.17, 15) is 9.59 Å². The highest BCUT2D eigenvalue weighted by molar-refractivity contribution is 6.33. The van der Waals surface area contributed by atoms with Crippen LogP contribution in [0.5, 0.6) is 5.75 Å². The van der Waals surface area contributed by atoms with Crippen LogP contribution in [-0.2, 0) is 9.53 Å². The first kappa shape index (κ1) is 19.8. The van der Waals surface area contributed by atoms with Gasteiger partial charge in [-0.1, -0.05) is 32.4 Å². The van der Waals surface area contributed by atoms with Gasteiger partial charge in [0.25, 0.3) is 5.91 Å². The van der Waals surface area contributed by atoms with E-state index in [1.165, 1.54) is 19.2 Å². The number of methoxy groups -OCH3 is 1. The first-order chi connectivity index (χ1) is 12.5. The smallest absolute Gasteiger partial charge is 0.342 e. The Balaban J connectivity index is 1.67. The molecule has 7 heteroatoms. The molecule has 0 aromatic heterocycles. The monoisotopic (exact) mass is 394 g/mol. The SMILES string of the molecule is COc1cc(N)c(Cl)cc1C(=O)OCC(=O)N1CC2(C)CC1CC(C)(C)C2. The minimum Gasteiger partial charge on any atom is -0.496 e. The first-order valence-corrected chi connectivity index (χ1v) is 9.51. The van der Waals surface area contributed by atoms with Gasteiger partial charge in [0.05, 0.1) is 17.8 Å². The molecule has 2 atom stereocenters. The number of nitrogen functional groups attached to an aromatic ring is 1. The van der Waals surface area contributed by atoms with Crippen LogP contribution in [0.1, 0.15) is 50.4 Å². The molecular weight excluding hydrogens is 368 g/mol. The number of esters is 1. The third kappa shape index (κ3) is 4.00. The number of rotatable bonds is 4. The molecule has 0 radical (unpaired) electrons. The number of nitrogens with two attached hydrogens (primary N) is 1. The van der Waals surface area contributed by atoms with Gasteiger partial charge in [-0.25, -0.2) is 4.79 Å². The summed E-state index contributed by atoms with van der Waals surface area (Å²) >= 11 is 5.99. The first-order valence-electron chi connectivity index (χ1n) is 9.13. The van der Waals surface area contributed by atoms with Crippen LogP contribution >= 0.6 is 11.6 Å². The van der Waals surface area contributed by atoms with E-state index < -0.39 is 5.97 Å². The van der Waals surface area contributed by atoms with Crippen molar-refractivity contribution >= 4 is 29.2 Å². The fourth-order valence-electron chi connectivity index (χ4n) is 4.94. The lowest BCUT2D eigenvalue weighted by molar-refractivity contribution is -0.135. The van der Waals surface area contributed by atoms with Crippen LogP contribution in [0.3, 0.4) is 0 Å². The Bertz CT molecular complexity index is 779. The number of likely N-dealkylation sites (tertiary alicyclic amines) is 1. The molecule has 27 heavy (non-hydrogen) atoms. The van der Waals surface area contributed by atoms with E-state index in [1.54, 1.807) is 0 Å². The van der Waals surface area contributed by atoms with E-state index in [1.807, 2.05) is 4.90 Å². The number of anilines is 1. The normalized spacial score (nSPS) is 26.0. The number of benzene rings is 1. The Kier molecular flexibility index (Phi) is 5.06. The van der Waals surface area contributed by atoms with Gasteiger partial charge in [0.15, 0.2) is 6.61 Å². The van der Waals surface area contributed by atoms with Gasteiger partial charge in [-0.15, -0.1) is 0 Å². The maximum atomic E-state index is 12.7. The van der Waals surface area contributed by atoms with Gasteiger partial charge in [-0.3, -0.25) is 4.79 Å². The number of hydrogen-bond donors (Lipinski definition) is 1. The van der Waals surface area contributed by atoms with E-state index in [-0.39, 0.29) is 45.7 Å². The number of fused-ring (bicyclic) bond motifs is 2. The number of carbonyl (C=O) groups excluding carboxylic acids is 2. The molecule has 2 unspecified atom stereocenters. The molecule has 2 aliphatic rings. The van der Waals surface area contributed by atoms with Crippen LogP contribution in [0.25, 0.3) is 0 Å². The molecule has 1 saturated carbocycles. The van der Waals surface area contributed by atoms with Gasteiger partial charge >= 0.3 is 5.97 Å². The van der Waals surface area contributed by atoms with Gasteiger partial charge in [0.2, 0.25) is 0 Å². The largest absolute Gasteiger partial charge is 0.496 e. The highest BCUT2D eigenvalue weighted by Gasteiger charge is 2.50. The minimum absolute atomic E-state index is 0.139. The van der Waals surface area contributed by atoms with Crippen LogP contribution < -0.4 is 10.5 Å². The van der Waals surface area contributed by atoms with Crippen LogP contribution in [0, 0.1) is 10.8 Å². The molecule has 1 amide bonds. The standard InChI is InChI=1S/C20H27ClN2O4/c1-19(2)7-12-8-20(3,10-19)11-23(12)17(24)9-27-18(25)13-5-14(21)15(22)6-16(13)26-4/h5-6,12H,7-11,22H2,1-4H3. The third-order valence-electron chi connectivity index (χ3n) is 5.60. The summed E-state index contributed by atoms with van der Waals surface area (Å²) in [4.78, 5) is 27.0. The van der Waals surface area contributed by atoms with Gasteiger partial charge in [-0.2, -0.15) is 0 Å². The minimum atomic E-state index is -0.657. The van der Waals surface area contributed by atoms with Crippen molar-refractivity contribution in [2.45, 2.75) is 46.1 Å². The molecule has 0 spiro atoms. The maximum Gasteiger partial charge on any atom is 0.342 e.